The van der Waals surface area contributed by atoms with Gasteiger partial charge < -0.3 is 9.64 Å². The molecule has 1 aliphatic rings. The fourth-order valence-corrected chi connectivity index (χ4v) is 4.45. The zero-order valence-electron chi connectivity index (χ0n) is 13.7. The van der Waals surface area contributed by atoms with Crippen LogP contribution in [0.2, 0.25) is 0 Å². The van der Waals surface area contributed by atoms with Crippen molar-refractivity contribution in [1.82, 2.24) is 0 Å². The molecule has 3 rings (SSSR count). The van der Waals surface area contributed by atoms with Gasteiger partial charge in [0.1, 0.15) is 5.75 Å². The largest absolute Gasteiger partial charge is 0.497 e. The second-order valence-electron chi connectivity index (χ2n) is 5.63. The maximum atomic E-state index is 11.4. The van der Waals surface area contributed by atoms with Crippen molar-refractivity contribution in [1.29, 1.82) is 0 Å². The zero-order chi connectivity index (χ0) is 17.3. The average Bonchev–Trinajstić information content (AvgIpc) is 2.52. The Hall–Kier alpha value is -1.70. The van der Waals surface area contributed by atoms with Crippen LogP contribution in [-0.4, -0.2) is 34.4 Å². The van der Waals surface area contributed by atoms with Crippen LogP contribution in [0.15, 0.2) is 52.3 Å². The molecule has 0 saturated heterocycles. The first-order chi connectivity index (χ1) is 11.4. The lowest BCUT2D eigenvalue weighted by atomic mass is 10.2. The third-order valence-electron chi connectivity index (χ3n) is 3.61. The van der Waals surface area contributed by atoms with Crippen LogP contribution in [0.4, 0.5) is 11.4 Å². The Morgan fingerprint density at radius 2 is 1.83 bits per heavy atom. The summed E-state index contributed by atoms with van der Waals surface area (Å²) in [6, 6.07) is 14.0. The number of ether oxygens (including phenoxy) is 1. The number of nitrogens with zero attached hydrogens (tertiary/aromatic N) is 1. The van der Waals surface area contributed by atoms with Crippen LogP contribution in [0.3, 0.4) is 0 Å². The van der Waals surface area contributed by atoms with E-state index in [1.165, 1.54) is 0 Å². The molecule has 1 unspecified atom stereocenters. The lowest BCUT2D eigenvalue weighted by molar-refractivity contribution is 0.238. The summed E-state index contributed by atoms with van der Waals surface area (Å²) in [5.74, 6) is 0.760. The first-order valence-electron chi connectivity index (χ1n) is 7.48. The van der Waals surface area contributed by atoms with E-state index in [1.807, 2.05) is 36.4 Å². The minimum Gasteiger partial charge on any atom is -0.497 e. The standard InChI is InChI=1S/C17H19NO4S2/c1-12(22-24(3,19)20)11-18-14-6-4-5-7-16(14)23-17-9-8-13(21-2)10-15(17)18/h4-10,12H,11H2,1-3H3. The van der Waals surface area contributed by atoms with Gasteiger partial charge in [0.25, 0.3) is 10.1 Å². The van der Waals surface area contributed by atoms with E-state index >= 15 is 0 Å². The van der Waals surface area contributed by atoms with Crippen molar-refractivity contribution in [3.63, 3.8) is 0 Å². The van der Waals surface area contributed by atoms with E-state index in [4.69, 9.17) is 8.92 Å². The number of anilines is 2. The van der Waals surface area contributed by atoms with Gasteiger partial charge in [-0.05, 0) is 31.2 Å². The highest BCUT2D eigenvalue weighted by molar-refractivity contribution is 7.99. The maximum Gasteiger partial charge on any atom is 0.264 e. The molecule has 0 aromatic heterocycles. The molecule has 1 atom stereocenters. The summed E-state index contributed by atoms with van der Waals surface area (Å²) in [5, 5.41) is 0. The Bertz CT molecular complexity index is 851. The van der Waals surface area contributed by atoms with Crippen molar-refractivity contribution in [2.75, 3.05) is 24.8 Å². The highest BCUT2D eigenvalue weighted by Gasteiger charge is 2.26. The molecule has 1 heterocycles. The molecule has 0 radical (unpaired) electrons. The van der Waals surface area contributed by atoms with E-state index in [1.54, 1.807) is 25.8 Å². The first kappa shape index (κ1) is 17.1. The van der Waals surface area contributed by atoms with E-state index < -0.39 is 16.2 Å². The lowest BCUT2D eigenvalue weighted by Crippen LogP contribution is -2.31. The molecular formula is C17H19NO4S2. The quantitative estimate of drug-likeness (QED) is 0.754. The second kappa shape index (κ2) is 6.66. The Morgan fingerprint density at radius 3 is 2.54 bits per heavy atom. The van der Waals surface area contributed by atoms with Gasteiger partial charge in [-0.1, -0.05) is 23.9 Å². The predicted molar refractivity (Wildman–Crippen MR) is 96.0 cm³/mol. The van der Waals surface area contributed by atoms with Crippen LogP contribution >= 0.6 is 11.8 Å². The van der Waals surface area contributed by atoms with Gasteiger partial charge in [0.2, 0.25) is 0 Å². The van der Waals surface area contributed by atoms with Gasteiger partial charge in [-0.25, -0.2) is 0 Å². The molecule has 1 aliphatic heterocycles. The van der Waals surface area contributed by atoms with E-state index in [-0.39, 0.29) is 0 Å². The third-order valence-corrected chi connectivity index (χ3v) is 5.42. The van der Waals surface area contributed by atoms with Gasteiger partial charge in [0.15, 0.2) is 0 Å². The van der Waals surface area contributed by atoms with Crippen molar-refractivity contribution in [2.24, 2.45) is 0 Å². The van der Waals surface area contributed by atoms with Gasteiger partial charge >= 0.3 is 0 Å². The topological polar surface area (TPSA) is 55.8 Å². The Balaban J connectivity index is 2.00. The molecule has 2 aromatic carbocycles. The smallest absolute Gasteiger partial charge is 0.264 e. The summed E-state index contributed by atoms with van der Waals surface area (Å²) in [6.07, 6.45) is 0.593. The number of methoxy groups -OCH3 is 1. The molecule has 2 aromatic rings. The highest BCUT2D eigenvalue weighted by Crippen LogP contribution is 2.49. The number of rotatable bonds is 5. The lowest BCUT2D eigenvalue weighted by Gasteiger charge is -2.34. The molecular weight excluding hydrogens is 346 g/mol. The fourth-order valence-electron chi connectivity index (χ4n) is 2.72. The van der Waals surface area contributed by atoms with E-state index in [2.05, 4.69) is 11.0 Å². The number of benzene rings is 2. The molecule has 0 fully saturated rings. The number of hydrogen-bond acceptors (Lipinski definition) is 6. The first-order valence-corrected chi connectivity index (χ1v) is 10.1. The zero-order valence-corrected chi connectivity index (χ0v) is 15.4. The molecule has 24 heavy (non-hydrogen) atoms. The van der Waals surface area contributed by atoms with Crippen molar-refractivity contribution < 1.29 is 17.3 Å². The molecule has 0 spiro atoms. The molecule has 0 aliphatic carbocycles. The maximum absolute atomic E-state index is 11.4. The second-order valence-corrected chi connectivity index (χ2v) is 8.31. The summed E-state index contributed by atoms with van der Waals surface area (Å²) in [6.45, 7) is 2.18. The monoisotopic (exact) mass is 365 g/mol. The van der Waals surface area contributed by atoms with Crippen LogP contribution in [0, 0.1) is 0 Å². The molecule has 128 valence electrons. The van der Waals surface area contributed by atoms with Crippen molar-refractivity contribution in [3.8, 4) is 5.75 Å². The SMILES string of the molecule is COc1ccc2c(c1)N(CC(C)OS(C)(=O)=O)c1ccccc1S2. The number of hydrogen-bond donors (Lipinski definition) is 0. The van der Waals surface area contributed by atoms with Crippen LogP contribution < -0.4 is 9.64 Å². The van der Waals surface area contributed by atoms with Crippen LogP contribution in [0.5, 0.6) is 5.75 Å². The molecule has 0 N–H and O–H groups in total. The molecule has 7 heteroatoms. The van der Waals surface area contributed by atoms with Gasteiger partial charge in [0, 0.05) is 15.9 Å². The summed E-state index contributed by atoms with van der Waals surface area (Å²) in [4.78, 5) is 4.31. The number of fused-ring (bicyclic) bond motifs is 2. The van der Waals surface area contributed by atoms with Crippen LogP contribution in [0.25, 0.3) is 0 Å². The van der Waals surface area contributed by atoms with Crippen molar-refractivity contribution in [3.05, 3.63) is 42.5 Å². The summed E-state index contributed by atoms with van der Waals surface area (Å²) < 4.78 is 33.3. The summed E-state index contributed by atoms with van der Waals surface area (Å²) in [7, 11) is -1.87. The van der Waals surface area contributed by atoms with E-state index in [9.17, 15) is 8.42 Å². The average molecular weight is 365 g/mol. The molecule has 0 amide bonds. The third kappa shape index (κ3) is 3.68. The summed E-state index contributed by atoms with van der Waals surface area (Å²) >= 11 is 1.69. The fraction of sp³-hybridized carbons (Fsp3) is 0.294. The molecule has 0 saturated carbocycles. The Labute approximate surface area is 146 Å². The Morgan fingerprint density at radius 1 is 1.12 bits per heavy atom. The van der Waals surface area contributed by atoms with E-state index in [0.717, 1.165) is 33.2 Å². The number of para-hydroxylation sites is 1. The normalized spacial score (nSPS) is 14.7. The van der Waals surface area contributed by atoms with Gasteiger partial charge in [-0.15, -0.1) is 0 Å². The van der Waals surface area contributed by atoms with Crippen molar-refractivity contribution in [2.45, 2.75) is 22.8 Å². The van der Waals surface area contributed by atoms with Crippen molar-refractivity contribution >= 4 is 33.3 Å². The highest BCUT2D eigenvalue weighted by atomic mass is 32.2. The Kier molecular flexibility index (Phi) is 4.76. The van der Waals surface area contributed by atoms with Crippen LogP contribution in [-0.2, 0) is 14.3 Å². The van der Waals surface area contributed by atoms with Gasteiger partial charge in [-0.2, -0.15) is 8.42 Å². The van der Waals surface area contributed by atoms with Crippen LogP contribution in [0.1, 0.15) is 6.92 Å². The van der Waals surface area contributed by atoms with E-state index in [0.29, 0.717) is 6.54 Å². The van der Waals surface area contributed by atoms with Gasteiger partial charge in [0.05, 0.1) is 37.4 Å². The summed E-state index contributed by atoms with van der Waals surface area (Å²) in [5.41, 5.74) is 2.02. The molecule has 0 bridgehead atoms. The molecule has 5 nitrogen and oxygen atoms in total. The minimum absolute atomic E-state index is 0.421. The van der Waals surface area contributed by atoms with Gasteiger partial charge in [-0.3, -0.25) is 4.18 Å². The predicted octanol–water partition coefficient (Wildman–Crippen LogP) is 3.66. The minimum atomic E-state index is -3.50.